The normalized spacial score (nSPS) is 16.8. The number of aromatic nitrogens is 2. The van der Waals surface area contributed by atoms with E-state index in [0.29, 0.717) is 25.0 Å². The molecule has 0 saturated heterocycles. The molecule has 0 aliphatic carbocycles. The molecular weight excluding hydrogens is 306 g/mol. The number of benzene rings is 1. The van der Waals surface area contributed by atoms with Crippen molar-refractivity contribution in [1.29, 1.82) is 0 Å². The Bertz CT molecular complexity index is 656. The topological polar surface area (TPSA) is 60.6 Å². The Kier molecular flexibility index (Phi) is 5.35. The van der Waals surface area contributed by atoms with Crippen molar-refractivity contribution in [3.8, 4) is 11.5 Å². The molecule has 6 nitrogen and oxygen atoms in total. The summed E-state index contributed by atoms with van der Waals surface area (Å²) in [5.41, 5.74) is 0. The molecule has 0 saturated carbocycles. The van der Waals surface area contributed by atoms with Gasteiger partial charge in [0.2, 0.25) is 5.89 Å². The molecule has 0 spiro atoms. The van der Waals surface area contributed by atoms with Crippen LogP contribution < -0.4 is 9.47 Å². The molecule has 130 valence electrons. The number of likely N-dealkylation sites (N-methyl/N-ethyl adjacent to an activating group) is 1. The van der Waals surface area contributed by atoms with Crippen molar-refractivity contribution in [3.05, 3.63) is 36.0 Å². The average molecular weight is 331 g/mol. The number of rotatable bonds is 7. The smallest absolute Gasteiger partial charge is 0.240 e. The second-order valence-electron chi connectivity index (χ2n) is 6.53. The lowest BCUT2D eigenvalue weighted by Crippen LogP contribution is -2.40. The van der Waals surface area contributed by atoms with Gasteiger partial charge in [-0.15, -0.1) is 0 Å². The van der Waals surface area contributed by atoms with Crippen molar-refractivity contribution >= 4 is 0 Å². The number of ether oxygens (including phenoxy) is 2. The molecule has 0 N–H and O–H groups in total. The van der Waals surface area contributed by atoms with E-state index in [9.17, 15) is 0 Å². The Morgan fingerprint density at radius 1 is 1.25 bits per heavy atom. The number of fused-ring (bicyclic) bond motifs is 1. The summed E-state index contributed by atoms with van der Waals surface area (Å²) < 4.78 is 17.2. The quantitative estimate of drug-likeness (QED) is 0.777. The summed E-state index contributed by atoms with van der Waals surface area (Å²) in [6.07, 6.45) is 0.837. The molecule has 1 atom stereocenters. The highest BCUT2D eigenvalue weighted by atomic mass is 16.6. The molecule has 6 heteroatoms. The summed E-state index contributed by atoms with van der Waals surface area (Å²) in [7, 11) is 0. The van der Waals surface area contributed by atoms with E-state index in [4.69, 9.17) is 14.0 Å². The van der Waals surface area contributed by atoms with Crippen LogP contribution in [0.1, 0.15) is 32.5 Å². The molecule has 1 aromatic heterocycles. The predicted octanol–water partition coefficient (Wildman–Crippen LogP) is 2.93. The van der Waals surface area contributed by atoms with Crippen molar-refractivity contribution in [2.45, 2.75) is 39.8 Å². The van der Waals surface area contributed by atoms with E-state index in [0.717, 1.165) is 36.8 Å². The summed E-state index contributed by atoms with van der Waals surface area (Å²) in [6, 6.07) is 7.77. The first-order valence-electron chi connectivity index (χ1n) is 8.56. The maximum absolute atomic E-state index is 6.03. The number of hydrogen-bond acceptors (Lipinski definition) is 6. The molecule has 1 aromatic carbocycles. The van der Waals surface area contributed by atoms with Crippen LogP contribution in [-0.2, 0) is 13.0 Å². The third kappa shape index (κ3) is 4.26. The van der Waals surface area contributed by atoms with Crippen LogP contribution in [0.3, 0.4) is 0 Å². The molecule has 3 rings (SSSR count). The zero-order chi connectivity index (χ0) is 16.9. The lowest BCUT2D eigenvalue weighted by Gasteiger charge is -2.30. The molecule has 1 unspecified atom stereocenters. The zero-order valence-corrected chi connectivity index (χ0v) is 14.6. The Morgan fingerprint density at radius 2 is 2.04 bits per heavy atom. The van der Waals surface area contributed by atoms with Gasteiger partial charge in [0.15, 0.2) is 17.3 Å². The SMILES string of the molecule is CCN(Cc1nc(CC(C)C)no1)CC1COc2ccccc2O1. The molecule has 1 aliphatic heterocycles. The molecule has 2 heterocycles. The van der Waals surface area contributed by atoms with Gasteiger partial charge in [-0.05, 0) is 24.6 Å². The van der Waals surface area contributed by atoms with E-state index in [1.807, 2.05) is 24.3 Å². The summed E-state index contributed by atoms with van der Waals surface area (Å²) in [6.45, 7) is 9.22. The van der Waals surface area contributed by atoms with Gasteiger partial charge in [0.25, 0.3) is 0 Å². The molecule has 0 amide bonds. The van der Waals surface area contributed by atoms with Gasteiger partial charge in [-0.2, -0.15) is 4.98 Å². The van der Waals surface area contributed by atoms with Crippen LogP contribution >= 0.6 is 0 Å². The van der Waals surface area contributed by atoms with Crippen molar-refractivity contribution in [2.24, 2.45) is 5.92 Å². The number of hydrogen-bond donors (Lipinski definition) is 0. The lowest BCUT2D eigenvalue weighted by atomic mass is 10.1. The maximum atomic E-state index is 6.03. The van der Waals surface area contributed by atoms with Crippen LogP contribution in [0.4, 0.5) is 0 Å². The van der Waals surface area contributed by atoms with E-state index in [1.165, 1.54) is 0 Å². The first-order chi connectivity index (χ1) is 11.6. The van der Waals surface area contributed by atoms with E-state index in [1.54, 1.807) is 0 Å². The van der Waals surface area contributed by atoms with Gasteiger partial charge >= 0.3 is 0 Å². The van der Waals surface area contributed by atoms with Crippen LogP contribution in [0.2, 0.25) is 0 Å². The highest BCUT2D eigenvalue weighted by Crippen LogP contribution is 2.31. The molecule has 1 aliphatic rings. The van der Waals surface area contributed by atoms with E-state index in [-0.39, 0.29) is 6.10 Å². The van der Waals surface area contributed by atoms with Gasteiger partial charge < -0.3 is 14.0 Å². The van der Waals surface area contributed by atoms with Crippen LogP contribution in [0.5, 0.6) is 11.5 Å². The van der Waals surface area contributed by atoms with E-state index >= 15 is 0 Å². The Labute approximate surface area is 142 Å². The van der Waals surface area contributed by atoms with Crippen LogP contribution in [0, 0.1) is 5.92 Å². The zero-order valence-electron chi connectivity index (χ0n) is 14.6. The number of nitrogens with zero attached hydrogens (tertiary/aromatic N) is 3. The van der Waals surface area contributed by atoms with Gasteiger partial charge in [-0.3, -0.25) is 4.90 Å². The highest BCUT2D eigenvalue weighted by molar-refractivity contribution is 5.40. The monoisotopic (exact) mass is 331 g/mol. The largest absolute Gasteiger partial charge is 0.486 e. The van der Waals surface area contributed by atoms with Gasteiger partial charge in [0.1, 0.15) is 12.7 Å². The molecule has 0 bridgehead atoms. The molecular formula is C18H25N3O3. The Hall–Kier alpha value is -2.08. The van der Waals surface area contributed by atoms with Gasteiger partial charge in [-0.25, -0.2) is 0 Å². The van der Waals surface area contributed by atoms with Crippen molar-refractivity contribution in [1.82, 2.24) is 15.0 Å². The molecule has 0 fully saturated rings. The predicted molar refractivity (Wildman–Crippen MR) is 90.1 cm³/mol. The van der Waals surface area contributed by atoms with Crippen LogP contribution in [0.25, 0.3) is 0 Å². The minimum absolute atomic E-state index is 0.00194. The van der Waals surface area contributed by atoms with Crippen molar-refractivity contribution < 1.29 is 14.0 Å². The second-order valence-corrected chi connectivity index (χ2v) is 6.53. The van der Waals surface area contributed by atoms with E-state index in [2.05, 4.69) is 35.8 Å². The van der Waals surface area contributed by atoms with Crippen LogP contribution in [0.15, 0.2) is 28.8 Å². The molecule has 24 heavy (non-hydrogen) atoms. The summed E-state index contributed by atoms with van der Waals surface area (Å²) in [5.74, 6) is 3.58. The fourth-order valence-corrected chi connectivity index (χ4v) is 2.74. The van der Waals surface area contributed by atoms with Crippen molar-refractivity contribution in [2.75, 3.05) is 19.7 Å². The van der Waals surface area contributed by atoms with Gasteiger partial charge in [-0.1, -0.05) is 38.1 Å². The first-order valence-corrected chi connectivity index (χ1v) is 8.56. The molecule has 2 aromatic rings. The Morgan fingerprint density at radius 3 is 2.79 bits per heavy atom. The third-order valence-corrected chi connectivity index (χ3v) is 3.94. The standard InChI is InChI=1S/C18H25N3O3/c1-4-21(11-18-19-17(20-24-18)9-13(2)3)10-14-12-22-15-7-5-6-8-16(15)23-14/h5-8,13-14H,4,9-12H2,1-3H3. The molecule has 0 radical (unpaired) electrons. The van der Waals surface area contributed by atoms with Crippen molar-refractivity contribution in [3.63, 3.8) is 0 Å². The summed E-state index contributed by atoms with van der Waals surface area (Å²) in [4.78, 5) is 6.71. The average Bonchev–Trinajstić information content (AvgIpc) is 3.00. The maximum Gasteiger partial charge on any atom is 0.240 e. The summed E-state index contributed by atoms with van der Waals surface area (Å²) >= 11 is 0. The van der Waals surface area contributed by atoms with E-state index < -0.39 is 0 Å². The first kappa shape index (κ1) is 16.8. The minimum Gasteiger partial charge on any atom is -0.486 e. The third-order valence-electron chi connectivity index (χ3n) is 3.94. The summed E-state index contributed by atoms with van der Waals surface area (Å²) in [5, 5.41) is 4.05. The van der Waals surface area contributed by atoms with Gasteiger partial charge in [0.05, 0.1) is 6.54 Å². The van der Waals surface area contributed by atoms with Gasteiger partial charge in [0, 0.05) is 13.0 Å². The Balaban J connectivity index is 1.56. The minimum atomic E-state index is -0.00194. The lowest BCUT2D eigenvalue weighted by molar-refractivity contribution is 0.0551. The highest BCUT2D eigenvalue weighted by Gasteiger charge is 2.23. The number of para-hydroxylation sites is 2. The fraction of sp³-hybridized carbons (Fsp3) is 0.556. The van der Waals surface area contributed by atoms with Crippen LogP contribution in [-0.4, -0.2) is 40.8 Å². The second kappa shape index (κ2) is 7.66. The fourth-order valence-electron chi connectivity index (χ4n) is 2.74.